The number of aryl methyl sites for hydroxylation is 1. The van der Waals surface area contributed by atoms with Crippen LogP contribution in [0.25, 0.3) is 0 Å². The molecule has 4 nitrogen and oxygen atoms in total. The number of rotatable bonds is 4. The third-order valence-corrected chi connectivity index (χ3v) is 3.69. The lowest BCUT2D eigenvalue weighted by Gasteiger charge is -2.30. The molecular formula is C15H21ClN2O2. The van der Waals surface area contributed by atoms with Crippen molar-refractivity contribution >= 4 is 24.0 Å². The maximum absolute atomic E-state index is 12.3. The SMILES string of the molecule is Cc1ccc2c(c1)OCCN2C(=O)CNCC1CC1.Cl. The first-order valence-corrected chi connectivity index (χ1v) is 6.98. The molecule has 2 aliphatic rings. The highest BCUT2D eigenvalue weighted by atomic mass is 35.5. The van der Waals surface area contributed by atoms with Gasteiger partial charge in [0.05, 0.1) is 18.8 Å². The Morgan fingerprint density at radius 3 is 3.00 bits per heavy atom. The van der Waals surface area contributed by atoms with Crippen LogP contribution in [0.5, 0.6) is 5.75 Å². The Balaban J connectivity index is 0.00000147. The van der Waals surface area contributed by atoms with Crippen molar-refractivity contribution < 1.29 is 9.53 Å². The number of benzene rings is 1. The number of fused-ring (bicyclic) bond motifs is 1. The maximum Gasteiger partial charge on any atom is 0.241 e. The number of anilines is 1. The number of carbonyl (C=O) groups excluding carboxylic acids is 1. The Bertz CT molecular complexity index is 489. The molecule has 0 bridgehead atoms. The summed E-state index contributed by atoms with van der Waals surface area (Å²) in [6.45, 7) is 4.63. The Labute approximate surface area is 125 Å². The summed E-state index contributed by atoms with van der Waals surface area (Å²) in [5, 5.41) is 3.25. The van der Waals surface area contributed by atoms with E-state index >= 15 is 0 Å². The monoisotopic (exact) mass is 296 g/mol. The van der Waals surface area contributed by atoms with Gasteiger partial charge in [0.2, 0.25) is 5.91 Å². The van der Waals surface area contributed by atoms with Gasteiger partial charge in [-0.25, -0.2) is 0 Å². The fourth-order valence-electron chi connectivity index (χ4n) is 2.39. The van der Waals surface area contributed by atoms with E-state index in [9.17, 15) is 4.79 Å². The number of carbonyl (C=O) groups is 1. The summed E-state index contributed by atoms with van der Waals surface area (Å²) in [5.41, 5.74) is 2.05. The number of halogens is 1. The first kappa shape index (κ1) is 15.1. The predicted octanol–water partition coefficient (Wildman–Crippen LogP) is 2.14. The average Bonchev–Trinajstić information content (AvgIpc) is 3.21. The van der Waals surface area contributed by atoms with Crippen molar-refractivity contribution in [2.45, 2.75) is 19.8 Å². The molecule has 0 spiro atoms. The fourth-order valence-corrected chi connectivity index (χ4v) is 2.39. The largest absolute Gasteiger partial charge is 0.490 e. The second-order valence-electron chi connectivity index (χ2n) is 5.44. The zero-order chi connectivity index (χ0) is 13.2. The average molecular weight is 297 g/mol. The van der Waals surface area contributed by atoms with Gasteiger partial charge < -0.3 is 15.0 Å². The maximum atomic E-state index is 12.3. The molecule has 0 saturated heterocycles. The predicted molar refractivity (Wildman–Crippen MR) is 81.9 cm³/mol. The highest BCUT2D eigenvalue weighted by molar-refractivity contribution is 5.96. The Hall–Kier alpha value is -1.26. The highest BCUT2D eigenvalue weighted by Crippen LogP contribution is 2.32. The van der Waals surface area contributed by atoms with Crippen LogP contribution in [-0.4, -0.2) is 32.1 Å². The van der Waals surface area contributed by atoms with Gasteiger partial charge in [-0.2, -0.15) is 0 Å². The molecule has 1 aromatic rings. The molecule has 110 valence electrons. The molecule has 1 amide bonds. The second-order valence-corrected chi connectivity index (χ2v) is 5.44. The quantitative estimate of drug-likeness (QED) is 0.925. The lowest BCUT2D eigenvalue weighted by atomic mass is 10.1. The molecule has 0 radical (unpaired) electrons. The third-order valence-electron chi connectivity index (χ3n) is 3.69. The Morgan fingerprint density at radius 2 is 2.25 bits per heavy atom. The number of nitrogens with one attached hydrogen (secondary N) is 1. The van der Waals surface area contributed by atoms with Gasteiger partial charge in [0.1, 0.15) is 12.4 Å². The van der Waals surface area contributed by atoms with E-state index in [0.717, 1.165) is 29.5 Å². The summed E-state index contributed by atoms with van der Waals surface area (Å²) < 4.78 is 5.62. The van der Waals surface area contributed by atoms with Gasteiger partial charge in [0.25, 0.3) is 0 Å². The molecule has 1 fully saturated rings. The van der Waals surface area contributed by atoms with Crippen molar-refractivity contribution in [3.63, 3.8) is 0 Å². The number of ether oxygens (including phenoxy) is 1. The minimum atomic E-state index is 0. The fraction of sp³-hybridized carbons (Fsp3) is 0.533. The minimum Gasteiger partial charge on any atom is -0.490 e. The van der Waals surface area contributed by atoms with Crippen LogP contribution in [0.4, 0.5) is 5.69 Å². The van der Waals surface area contributed by atoms with Gasteiger partial charge in [-0.1, -0.05) is 6.07 Å². The van der Waals surface area contributed by atoms with Gasteiger partial charge in [0.15, 0.2) is 0 Å². The molecule has 1 aromatic carbocycles. The van der Waals surface area contributed by atoms with Crippen LogP contribution in [0.2, 0.25) is 0 Å². The smallest absolute Gasteiger partial charge is 0.241 e. The minimum absolute atomic E-state index is 0. The molecule has 1 N–H and O–H groups in total. The summed E-state index contributed by atoms with van der Waals surface area (Å²) in [4.78, 5) is 14.1. The van der Waals surface area contributed by atoms with Crippen molar-refractivity contribution in [1.29, 1.82) is 0 Å². The van der Waals surface area contributed by atoms with E-state index < -0.39 is 0 Å². The number of nitrogens with zero attached hydrogens (tertiary/aromatic N) is 1. The number of hydrogen-bond acceptors (Lipinski definition) is 3. The van der Waals surface area contributed by atoms with E-state index in [4.69, 9.17) is 4.74 Å². The van der Waals surface area contributed by atoms with Gasteiger partial charge in [-0.05, 0) is 49.9 Å². The van der Waals surface area contributed by atoms with Crippen LogP contribution in [0.3, 0.4) is 0 Å². The van der Waals surface area contributed by atoms with E-state index in [1.54, 1.807) is 0 Å². The van der Waals surface area contributed by atoms with E-state index in [1.165, 1.54) is 12.8 Å². The summed E-state index contributed by atoms with van der Waals surface area (Å²) in [6, 6.07) is 5.99. The van der Waals surface area contributed by atoms with E-state index in [2.05, 4.69) is 5.32 Å². The number of hydrogen-bond donors (Lipinski definition) is 1. The van der Waals surface area contributed by atoms with E-state index in [-0.39, 0.29) is 18.3 Å². The zero-order valence-electron chi connectivity index (χ0n) is 11.7. The standard InChI is InChI=1S/C15H20N2O2.ClH/c1-11-2-5-13-14(8-11)19-7-6-17(13)15(18)10-16-9-12-3-4-12;/h2,5,8,12,16H,3-4,6-7,9-10H2,1H3;1H. The lowest BCUT2D eigenvalue weighted by Crippen LogP contribution is -2.43. The Kier molecular flexibility index (Phi) is 4.89. The molecule has 3 rings (SSSR count). The molecular weight excluding hydrogens is 276 g/mol. The van der Waals surface area contributed by atoms with Gasteiger partial charge in [-0.3, -0.25) is 4.79 Å². The highest BCUT2D eigenvalue weighted by Gasteiger charge is 2.25. The second kappa shape index (κ2) is 6.46. The summed E-state index contributed by atoms with van der Waals surface area (Å²) in [5.74, 6) is 1.75. The molecule has 20 heavy (non-hydrogen) atoms. The third kappa shape index (κ3) is 3.44. The summed E-state index contributed by atoms with van der Waals surface area (Å²) in [6.07, 6.45) is 2.61. The molecule has 0 atom stereocenters. The molecule has 5 heteroatoms. The zero-order valence-corrected chi connectivity index (χ0v) is 12.5. The normalized spacial score (nSPS) is 16.9. The van der Waals surface area contributed by atoms with Crippen molar-refractivity contribution in [2.75, 3.05) is 31.1 Å². The van der Waals surface area contributed by atoms with Gasteiger partial charge >= 0.3 is 0 Å². The van der Waals surface area contributed by atoms with Crippen LogP contribution in [0.15, 0.2) is 18.2 Å². The molecule has 0 unspecified atom stereocenters. The first-order chi connectivity index (χ1) is 9.24. The van der Waals surface area contributed by atoms with Crippen molar-refractivity contribution in [1.82, 2.24) is 5.32 Å². The molecule has 1 aliphatic carbocycles. The molecule has 1 heterocycles. The number of amides is 1. The summed E-state index contributed by atoms with van der Waals surface area (Å²) in [7, 11) is 0. The van der Waals surface area contributed by atoms with Gasteiger partial charge in [-0.15, -0.1) is 12.4 Å². The van der Waals surface area contributed by atoms with Crippen molar-refractivity contribution in [3.8, 4) is 5.75 Å². The van der Waals surface area contributed by atoms with E-state index in [1.807, 2.05) is 30.0 Å². The van der Waals surface area contributed by atoms with Crippen LogP contribution in [-0.2, 0) is 4.79 Å². The topological polar surface area (TPSA) is 41.6 Å². The molecule has 0 aromatic heterocycles. The van der Waals surface area contributed by atoms with Gasteiger partial charge in [0, 0.05) is 0 Å². The van der Waals surface area contributed by atoms with Crippen LogP contribution in [0.1, 0.15) is 18.4 Å². The molecule has 1 aliphatic heterocycles. The van der Waals surface area contributed by atoms with Crippen molar-refractivity contribution in [3.05, 3.63) is 23.8 Å². The lowest BCUT2D eigenvalue weighted by molar-refractivity contribution is -0.118. The van der Waals surface area contributed by atoms with Crippen LogP contribution < -0.4 is 15.0 Å². The van der Waals surface area contributed by atoms with E-state index in [0.29, 0.717) is 19.7 Å². The Morgan fingerprint density at radius 1 is 1.45 bits per heavy atom. The van der Waals surface area contributed by atoms with Crippen molar-refractivity contribution in [2.24, 2.45) is 5.92 Å². The van der Waals surface area contributed by atoms with Crippen LogP contribution in [0, 0.1) is 12.8 Å². The first-order valence-electron chi connectivity index (χ1n) is 6.98. The summed E-state index contributed by atoms with van der Waals surface area (Å²) >= 11 is 0. The van der Waals surface area contributed by atoms with Crippen LogP contribution >= 0.6 is 12.4 Å². The molecule has 1 saturated carbocycles.